The second-order valence-electron chi connectivity index (χ2n) is 3.68. The van der Waals surface area contributed by atoms with E-state index in [2.05, 4.69) is 0 Å². The van der Waals surface area contributed by atoms with Gasteiger partial charge in [-0.25, -0.2) is 0 Å². The number of allylic oxidation sites excluding steroid dienone is 1. The van der Waals surface area contributed by atoms with Crippen LogP contribution in [0.2, 0.25) is 0 Å². The van der Waals surface area contributed by atoms with E-state index in [-0.39, 0.29) is 11.9 Å². The molecule has 3 nitrogen and oxygen atoms in total. The summed E-state index contributed by atoms with van der Waals surface area (Å²) >= 11 is 0. The van der Waals surface area contributed by atoms with Gasteiger partial charge in [-0.2, -0.15) is 0 Å². The third-order valence-corrected chi connectivity index (χ3v) is 1.71. The number of rotatable bonds is 4. The topological polar surface area (TPSA) is 52.3 Å². The van der Waals surface area contributed by atoms with Crippen molar-refractivity contribution in [3.63, 3.8) is 0 Å². The van der Waals surface area contributed by atoms with Gasteiger partial charge in [0.15, 0.2) is 0 Å². The molecule has 1 unspecified atom stereocenters. The zero-order valence-corrected chi connectivity index (χ0v) is 8.83. The van der Waals surface area contributed by atoms with Crippen LogP contribution < -0.4 is 5.73 Å². The molecule has 0 heterocycles. The minimum absolute atomic E-state index is 0.124. The second-order valence-corrected chi connectivity index (χ2v) is 3.68. The quantitative estimate of drug-likeness (QED) is 0.533. The van der Waals surface area contributed by atoms with E-state index in [1.165, 1.54) is 0 Å². The minimum atomic E-state index is -0.509. The summed E-state index contributed by atoms with van der Waals surface area (Å²) < 4.78 is 4.94. The molecule has 0 aromatic heterocycles. The molecule has 1 atom stereocenters. The Morgan fingerprint density at radius 2 is 2.00 bits per heavy atom. The van der Waals surface area contributed by atoms with Gasteiger partial charge in [-0.15, -0.1) is 0 Å². The van der Waals surface area contributed by atoms with Crippen molar-refractivity contribution in [3.8, 4) is 0 Å². The van der Waals surface area contributed by atoms with Gasteiger partial charge in [-0.05, 0) is 25.8 Å². The summed E-state index contributed by atoms with van der Waals surface area (Å²) in [6.07, 6.45) is 1.85. The number of esters is 1. The molecule has 0 saturated heterocycles. The molecule has 76 valence electrons. The fourth-order valence-corrected chi connectivity index (χ4v) is 0.659. The molecule has 0 spiro atoms. The maximum atomic E-state index is 11.2. The average Bonchev–Trinajstić information content (AvgIpc) is 2.02. The fourth-order valence-electron chi connectivity index (χ4n) is 0.659. The lowest BCUT2D eigenvalue weighted by Crippen LogP contribution is -2.37. The fraction of sp³-hybridized carbons (Fsp3) is 0.700. The van der Waals surface area contributed by atoms with Crippen LogP contribution in [0.15, 0.2) is 11.6 Å². The van der Waals surface area contributed by atoms with Gasteiger partial charge in [0.2, 0.25) is 0 Å². The lowest BCUT2D eigenvalue weighted by Gasteiger charge is -2.13. The molecule has 0 aromatic carbocycles. The SMILES string of the molecule is CC(C)=CCOC(=O)C(N)C(C)C. The number of hydrogen-bond acceptors (Lipinski definition) is 3. The maximum Gasteiger partial charge on any atom is 0.323 e. The first kappa shape index (κ1) is 12.2. The van der Waals surface area contributed by atoms with Crippen molar-refractivity contribution in [2.75, 3.05) is 6.61 Å². The smallest absolute Gasteiger partial charge is 0.323 e. The monoisotopic (exact) mass is 185 g/mol. The predicted octanol–water partition coefficient (Wildman–Crippen LogP) is 1.48. The third-order valence-electron chi connectivity index (χ3n) is 1.71. The first-order valence-electron chi connectivity index (χ1n) is 4.50. The Labute approximate surface area is 79.9 Å². The number of carbonyl (C=O) groups excluding carboxylic acids is 1. The first-order chi connectivity index (χ1) is 5.95. The zero-order chi connectivity index (χ0) is 10.4. The molecule has 13 heavy (non-hydrogen) atoms. The molecular weight excluding hydrogens is 166 g/mol. The van der Waals surface area contributed by atoms with Crippen molar-refractivity contribution < 1.29 is 9.53 Å². The maximum absolute atomic E-state index is 11.2. The molecule has 0 aromatic rings. The largest absolute Gasteiger partial charge is 0.460 e. The predicted molar refractivity (Wildman–Crippen MR) is 53.2 cm³/mol. The van der Waals surface area contributed by atoms with Gasteiger partial charge in [-0.1, -0.05) is 19.4 Å². The van der Waals surface area contributed by atoms with E-state index in [0.717, 1.165) is 5.57 Å². The molecule has 0 radical (unpaired) electrons. The molecule has 3 heteroatoms. The van der Waals surface area contributed by atoms with Gasteiger partial charge in [0.25, 0.3) is 0 Å². The summed E-state index contributed by atoms with van der Waals surface area (Å²) in [4.78, 5) is 11.2. The van der Waals surface area contributed by atoms with Crippen molar-refractivity contribution in [3.05, 3.63) is 11.6 Å². The number of nitrogens with two attached hydrogens (primary N) is 1. The third kappa shape index (κ3) is 5.42. The van der Waals surface area contributed by atoms with Gasteiger partial charge < -0.3 is 10.5 Å². The van der Waals surface area contributed by atoms with E-state index < -0.39 is 6.04 Å². The average molecular weight is 185 g/mol. The van der Waals surface area contributed by atoms with E-state index in [1.54, 1.807) is 0 Å². The second kappa shape index (κ2) is 5.75. The Morgan fingerprint density at radius 3 is 2.38 bits per heavy atom. The molecule has 0 bridgehead atoms. The van der Waals surface area contributed by atoms with Crippen LogP contribution in [-0.4, -0.2) is 18.6 Å². The standard InChI is InChI=1S/C10H19NO2/c1-7(2)5-6-13-10(12)9(11)8(3)4/h5,8-9H,6,11H2,1-4H3. The lowest BCUT2D eigenvalue weighted by molar-refractivity contribution is -0.145. The van der Waals surface area contributed by atoms with Crippen molar-refractivity contribution in [1.29, 1.82) is 0 Å². The minimum Gasteiger partial charge on any atom is -0.460 e. The number of carbonyl (C=O) groups is 1. The van der Waals surface area contributed by atoms with Crippen molar-refractivity contribution in [1.82, 2.24) is 0 Å². The zero-order valence-electron chi connectivity index (χ0n) is 8.83. The van der Waals surface area contributed by atoms with Crippen LogP contribution in [0.1, 0.15) is 27.7 Å². The van der Waals surface area contributed by atoms with Crippen LogP contribution >= 0.6 is 0 Å². The normalized spacial score (nSPS) is 12.5. The molecular formula is C10H19NO2. The highest BCUT2D eigenvalue weighted by atomic mass is 16.5. The molecule has 0 aliphatic rings. The highest BCUT2D eigenvalue weighted by Gasteiger charge is 2.17. The summed E-state index contributed by atoms with van der Waals surface area (Å²) in [7, 11) is 0. The Bertz CT molecular complexity index is 193. The van der Waals surface area contributed by atoms with E-state index >= 15 is 0 Å². The molecule has 0 aliphatic heterocycles. The van der Waals surface area contributed by atoms with Crippen LogP contribution in [0.25, 0.3) is 0 Å². The Kier molecular flexibility index (Phi) is 5.39. The molecule has 2 N–H and O–H groups in total. The number of ether oxygens (including phenoxy) is 1. The van der Waals surface area contributed by atoms with Crippen LogP contribution in [0.3, 0.4) is 0 Å². The van der Waals surface area contributed by atoms with Gasteiger partial charge in [-0.3, -0.25) is 4.79 Å². The van der Waals surface area contributed by atoms with Crippen LogP contribution in [-0.2, 0) is 9.53 Å². The highest BCUT2D eigenvalue weighted by molar-refractivity contribution is 5.75. The van der Waals surface area contributed by atoms with Crippen molar-refractivity contribution >= 4 is 5.97 Å². The Morgan fingerprint density at radius 1 is 1.46 bits per heavy atom. The molecule has 0 aliphatic carbocycles. The van der Waals surface area contributed by atoms with Gasteiger partial charge in [0, 0.05) is 0 Å². The summed E-state index contributed by atoms with van der Waals surface area (Å²) in [5.74, 6) is -0.202. The highest BCUT2D eigenvalue weighted by Crippen LogP contribution is 2.00. The van der Waals surface area contributed by atoms with Gasteiger partial charge >= 0.3 is 5.97 Å². The van der Waals surface area contributed by atoms with E-state index in [9.17, 15) is 4.79 Å². The molecule has 0 rings (SSSR count). The molecule has 0 amide bonds. The summed E-state index contributed by atoms with van der Waals surface area (Å²) in [5, 5.41) is 0. The van der Waals surface area contributed by atoms with Crippen LogP contribution in [0.4, 0.5) is 0 Å². The molecule has 0 fully saturated rings. The lowest BCUT2D eigenvalue weighted by atomic mass is 10.1. The van der Waals surface area contributed by atoms with Crippen LogP contribution in [0.5, 0.6) is 0 Å². The van der Waals surface area contributed by atoms with Gasteiger partial charge in [0.1, 0.15) is 12.6 Å². The summed E-state index contributed by atoms with van der Waals surface area (Å²) in [6, 6.07) is -0.509. The number of hydrogen-bond donors (Lipinski definition) is 1. The first-order valence-corrected chi connectivity index (χ1v) is 4.50. The molecule has 0 saturated carbocycles. The Hall–Kier alpha value is -0.830. The van der Waals surface area contributed by atoms with E-state index in [4.69, 9.17) is 10.5 Å². The van der Waals surface area contributed by atoms with Gasteiger partial charge in [0.05, 0.1) is 0 Å². The van der Waals surface area contributed by atoms with E-state index in [1.807, 2.05) is 33.8 Å². The Balaban J connectivity index is 3.82. The van der Waals surface area contributed by atoms with Crippen molar-refractivity contribution in [2.45, 2.75) is 33.7 Å². The summed E-state index contributed by atoms with van der Waals surface area (Å²) in [5.41, 5.74) is 6.71. The van der Waals surface area contributed by atoms with Crippen molar-refractivity contribution in [2.24, 2.45) is 11.7 Å². The summed E-state index contributed by atoms with van der Waals surface area (Å²) in [6.45, 7) is 8.02. The van der Waals surface area contributed by atoms with Crippen LogP contribution in [0, 0.1) is 5.92 Å². The van der Waals surface area contributed by atoms with E-state index in [0.29, 0.717) is 6.61 Å².